The van der Waals surface area contributed by atoms with Crippen LogP contribution >= 0.6 is 0 Å². The van der Waals surface area contributed by atoms with E-state index in [0.29, 0.717) is 39.1 Å². The average molecular weight is 545 g/mol. The predicted octanol–water partition coefficient (Wildman–Crippen LogP) is 2.89. The minimum atomic E-state index is -0.575. The molecule has 2 aliphatic heterocycles. The van der Waals surface area contributed by atoms with Crippen molar-refractivity contribution in [3.8, 4) is 0 Å². The van der Waals surface area contributed by atoms with Crippen LogP contribution in [0.1, 0.15) is 61.3 Å². The quantitative estimate of drug-likeness (QED) is 0.352. The van der Waals surface area contributed by atoms with Gasteiger partial charge in [-0.1, -0.05) is 13.8 Å². The van der Waals surface area contributed by atoms with Gasteiger partial charge in [-0.05, 0) is 47.5 Å². The lowest BCUT2D eigenvalue weighted by Gasteiger charge is -2.35. The fraction of sp³-hybridized carbons (Fsp3) is 0.852. The Hall–Kier alpha value is -2.40. The van der Waals surface area contributed by atoms with Crippen LogP contribution in [0.2, 0.25) is 0 Å². The molecule has 0 radical (unpaired) electrons. The van der Waals surface area contributed by atoms with Crippen molar-refractivity contribution in [1.29, 1.82) is 0 Å². The van der Waals surface area contributed by atoms with Crippen LogP contribution in [0.5, 0.6) is 0 Å². The van der Waals surface area contributed by atoms with Crippen LogP contribution in [-0.2, 0) is 38.1 Å². The zero-order chi connectivity index (χ0) is 29.5. The molecule has 11 nitrogen and oxygen atoms in total. The maximum absolute atomic E-state index is 12.3. The average Bonchev–Trinajstić information content (AvgIpc) is 3.34. The number of nitrogens with zero attached hydrogens (tertiary/aromatic N) is 2. The van der Waals surface area contributed by atoms with E-state index in [1.54, 1.807) is 24.0 Å². The van der Waals surface area contributed by atoms with Crippen LogP contribution in [0.15, 0.2) is 0 Å². The third-order valence-electron chi connectivity index (χ3n) is 6.83. The van der Waals surface area contributed by atoms with E-state index >= 15 is 0 Å². The van der Waals surface area contributed by atoms with Crippen molar-refractivity contribution in [1.82, 2.24) is 9.80 Å². The number of esters is 2. The highest BCUT2D eigenvalue weighted by Gasteiger charge is 2.49. The lowest BCUT2D eigenvalue weighted by Crippen LogP contribution is -2.49. The van der Waals surface area contributed by atoms with Crippen LogP contribution < -0.4 is 0 Å². The Morgan fingerprint density at radius 2 is 1.18 bits per heavy atom. The summed E-state index contributed by atoms with van der Waals surface area (Å²) in [5.74, 6) is -1.18. The van der Waals surface area contributed by atoms with Gasteiger partial charge in [0.1, 0.15) is 5.60 Å². The summed E-state index contributed by atoms with van der Waals surface area (Å²) in [5.41, 5.74) is -1.56. The molecule has 2 amide bonds. The summed E-state index contributed by atoms with van der Waals surface area (Å²) in [4.78, 5) is 51.2. The third kappa shape index (κ3) is 8.56. The number of amides is 2. The Morgan fingerprint density at radius 3 is 1.53 bits per heavy atom. The topological polar surface area (TPSA) is 121 Å². The van der Waals surface area contributed by atoms with Crippen molar-refractivity contribution in [3.05, 3.63) is 0 Å². The van der Waals surface area contributed by atoms with Crippen LogP contribution in [0.25, 0.3) is 0 Å². The zero-order valence-electron chi connectivity index (χ0n) is 25.0. The van der Waals surface area contributed by atoms with Gasteiger partial charge in [0.05, 0.1) is 50.3 Å². The summed E-state index contributed by atoms with van der Waals surface area (Å²) in [6, 6.07) is 0. The highest BCUT2D eigenvalue weighted by Crippen LogP contribution is 2.36. The van der Waals surface area contributed by atoms with Gasteiger partial charge in [-0.15, -0.1) is 0 Å². The normalized spacial score (nSPS) is 27.1. The molecule has 2 saturated heterocycles. The molecular weight excluding hydrogens is 496 g/mol. The molecule has 38 heavy (non-hydrogen) atoms. The van der Waals surface area contributed by atoms with Gasteiger partial charge < -0.3 is 28.6 Å². The molecule has 0 unspecified atom stereocenters. The summed E-state index contributed by atoms with van der Waals surface area (Å²) >= 11 is 0. The first-order valence-corrected chi connectivity index (χ1v) is 12.9. The van der Waals surface area contributed by atoms with Gasteiger partial charge >= 0.3 is 18.0 Å². The molecule has 220 valence electrons. The van der Waals surface area contributed by atoms with E-state index in [1.165, 1.54) is 14.2 Å². The number of ether oxygens (including phenoxy) is 5. The van der Waals surface area contributed by atoms with Crippen LogP contribution in [0, 0.1) is 17.8 Å². The molecule has 0 aromatic rings. The number of rotatable bonds is 7. The molecule has 0 aromatic heterocycles. The van der Waals surface area contributed by atoms with Gasteiger partial charge in [-0.25, -0.2) is 4.79 Å². The maximum atomic E-state index is 12.3. The number of likely N-dealkylation sites (tertiary alicyclic amines) is 2. The minimum Gasteiger partial charge on any atom is -0.469 e. The van der Waals surface area contributed by atoms with Crippen LogP contribution in [0.4, 0.5) is 4.79 Å². The van der Waals surface area contributed by atoms with E-state index in [-0.39, 0.29) is 35.6 Å². The maximum Gasteiger partial charge on any atom is 0.410 e. The SMILES string of the molecule is COC[C@]1(C)C[C@H](C(=O)OC)CN1C(=O)C(C)C.COC[C@]1(C)C[C@H](C(=O)OC)CN1C(=O)OC(C)(C)C. The lowest BCUT2D eigenvalue weighted by atomic mass is 9.94. The minimum absolute atomic E-state index is 0.0564. The van der Waals surface area contributed by atoms with E-state index in [2.05, 4.69) is 0 Å². The molecule has 0 aromatic carbocycles. The second-order valence-corrected chi connectivity index (χ2v) is 11.9. The van der Waals surface area contributed by atoms with Crippen molar-refractivity contribution in [2.75, 3.05) is 54.7 Å². The summed E-state index contributed by atoms with van der Waals surface area (Å²) in [7, 11) is 5.91. The molecule has 0 spiro atoms. The number of hydrogen-bond donors (Lipinski definition) is 0. The first-order valence-electron chi connectivity index (χ1n) is 12.9. The molecule has 2 rings (SSSR count). The van der Waals surface area contributed by atoms with Crippen molar-refractivity contribution in [2.24, 2.45) is 17.8 Å². The highest BCUT2D eigenvalue weighted by atomic mass is 16.6. The Bertz CT molecular complexity index is 841. The number of hydrogen-bond acceptors (Lipinski definition) is 9. The zero-order valence-corrected chi connectivity index (χ0v) is 25.0. The Morgan fingerprint density at radius 1 is 0.789 bits per heavy atom. The van der Waals surface area contributed by atoms with Crippen LogP contribution in [0.3, 0.4) is 0 Å². The van der Waals surface area contributed by atoms with Crippen molar-refractivity contribution < 1.29 is 42.9 Å². The van der Waals surface area contributed by atoms with Crippen molar-refractivity contribution in [3.63, 3.8) is 0 Å². The molecule has 4 atom stereocenters. The van der Waals surface area contributed by atoms with Gasteiger partial charge in [-0.2, -0.15) is 0 Å². The Balaban J connectivity index is 0.000000382. The van der Waals surface area contributed by atoms with Gasteiger partial charge in [0.25, 0.3) is 0 Å². The lowest BCUT2D eigenvalue weighted by molar-refractivity contribution is -0.146. The second kappa shape index (κ2) is 13.6. The van der Waals surface area contributed by atoms with E-state index in [1.807, 2.05) is 48.5 Å². The standard InChI is InChI=1S/C14H25NO5.C13H23NO4/c1-13(2,3)20-12(17)15-8-10(11(16)19-6)7-14(15,4)9-18-5;1-9(2)11(15)14-7-10(12(16)18-5)6-13(14,3)8-17-4/h10H,7-9H2,1-6H3;9-10H,6-8H2,1-5H3/t10-,14-;10-,13-/m00/s1. The fourth-order valence-corrected chi connectivity index (χ4v) is 5.12. The molecule has 11 heteroatoms. The van der Waals surface area contributed by atoms with Crippen molar-refractivity contribution in [2.45, 2.75) is 78.0 Å². The van der Waals surface area contributed by atoms with Crippen molar-refractivity contribution >= 4 is 23.9 Å². The largest absolute Gasteiger partial charge is 0.469 e. The molecule has 2 aliphatic rings. The van der Waals surface area contributed by atoms with Gasteiger partial charge in [0.15, 0.2) is 0 Å². The monoisotopic (exact) mass is 544 g/mol. The molecular formula is C27H48N2O9. The van der Waals surface area contributed by atoms with Gasteiger partial charge in [0, 0.05) is 33.2 Å². The number of carbonyl (C=O) groups excluding carboxylic acids is 4. The number of carbonyl (C=O) groups is 4. The first-order chi connectivity index (χ1) is 17.5. The summed E-state index contributed by atoms with van der Waals surface area (Å²) in [6.07, 6.45) is 0.669. The van der Waals surface area contributed by atoms with Crippen LogP contribution in [-0.4, -0.2) is 105 Å². The molecule has 2 fully saturated rings. The highest BCUT2D eigenvalue weighted by molar-refractivity contribution is 5.81. The van der Waals surface area contributed by atoms with E-state index in [4.69, 9.17) is 23.7 Å². The smallest absolute Gasteiger partial charge is 0.410 e. The molecule has 0 aliphatic carbocycles. The van der Waals surface area contributed by atoms with Gasteiger partial charge in [0.2, 0.25) is 5.91 Å². The summed E-state index contributed by atoms with van der Waals surface area (Å²) in [5, 5.41) is 0. The van der Waals surface area contributed by atoms with E-state index in [0.717, 1.165) is 0 Å². The van der Waals surface area contributed by atoms with E-state index < -0.39 is 22.8 Å². The molecule has 2 heterocycles. The Kier molecular flexibility index (Phi) is 12.0. The molecule has 0 N–H and O–H groups in total. The summed E-state index contributed by atoms with van der Waals surface area (Å²) < 4.78 is 25.4. The molecule has 0 saturated carbocycles. The van der Waals surface area contributed by atoms with Gasteiger partial charge in [-0.3, -0.25) is 19.3 Å². The van der Waals surface area contributed by atoms with E-state index in [9.17, 15) is 19.2 Å². The predicted molar refractivity (Wildman–Crippen MR) is 140 cm³/mol. The Labute approximate surface area is 227 Å². The second-order valence-electron chi connectivity index (χ2n) is 11.9. The molecule has 0 bridgehead atoms. The summed E-state index contributed by atoms with van der Waals surface area (Å²) in [6.45, 7) is 14.5. The number of methoxy groups -OCH3 is 4. The third-order valence-corrected chi connectivity index (χ3v) is 6.83. The fourth-order valence-electron chi connectivity index (χ4n) is 5.12. The first kappa shape index (κ1) is 33.6.